The van der Waals surface area contributed by atoms with Crippen LogP contribution in [0.25, 0.3) is 16.8 Å². The lowest BCUT2D eigenvalue weighted by Crippen LogP contribution is -2.55. The Kier molecular flexibility index (Phi) is 8.04. The van der Waals surface area contributed by atoms with Crippen LogP contribution in [0.2, 0.25) is 0 Å². The fraction of sp³-hybridized carbons (Fsp3) is 0.400. The number of amides is 1. The van der Waals surface area contributed by atoms with E-state index in [9.17, 15) is 22.8 Å². The number of aromatic nitrogens is 1. The number of hydrogen-bond donors (Lipinski definition) is 1. The van der Waals surface area contributed by atoms with Crippen LogP contribution in [0.15, 0.2) is 53.5 Å². The van der Waals surface area contributed by atoms with Crippen LogP contribution in [-0.4, -0.2) is 73.9 Å². The van der Waals surface area contributed by atoms with E-state index in [2.05, 4.69) is 9.80 Å². The first kappa shape index (κ1) is 29.6. The van der Waals surface area contributed by atoms with Gasteiger partial charge in [-0.1, -0.05) is 12.1 Å². The van der Waals surface area contributed by atoms with E-state index in [1.807, 2.05) is 37.9 Å². The number of pyridine rings is 1. The number of benzene rings is 2. The second-order valence-corrected chi connectivity index (χ2v) is 10.9. The number of carbonyl (C=O) groups is 1. The first-order chi connectivity index (χ1) is 19.8. The van der Waals surface area contributed by atoms with Gasteiger partial charge in [0.1, 0.15) is 5.82 Å². The van der Waals surface area contributed by atoms with Gasteiger partial charge in [0.15, 0.2) is 0 Å². The molecule has 2 atom stereocenters. The van der Waals surface area contributed by atoms with E-state index in [0.717, 1.165) is 16.5 Å². The normalized spacial score (nSPS) is 20.2. The summed E-state index contributed by atoms with van der Waals surface area (Å²) in [6.45, 7) is 7.48. The third kappa shape index (κ3) is 5.73. The number of primary amides is 1. The van der Waals surface area contributed by atoms with Gasteiger partial charge >= 0.3 is 6.18 Å². The molecule has 0 aliphatic carbocycles. The van der Waals surface area contributed by atoms with E-state index in [-0.39, 0.29) is 23.3 Å². The van der Waals surface area contributed by atoms with Crippen molar-refractivity contribution in [3.63, 3.8) is 0 Å². The van der Waals surface area contributed by atoms with Crippen molar-refractivity contribution in [3.05, 3.63) is 76.0 Å². The summed E-state index contributed by atoms with van der Waals surface area (Å²) in [6, 6.07) is 10.5. The predicted molar refractivity (Wildman–Crippen MR) is 153 cm³/mol. The molecule has 2 aromatic carbocycles. The molecule has 2 fully saturated rings. The molecule has 5 rings (SSSR count). The quantitative estimate of drug-likeness (QED) is 0.453. The van der Waals surface area contributed by atoms with Gasteiger partial charge in [-0.25, -0.2) is 4.39 Å². The molecule has 3 aromatic rings. The average molecular weight is 588 g/mol. The molecular weight excluding hydrogens is 554 g/mol. The van der Waals surface area contributed by atoms with Gasteiger partial charge in [0.05, 0.1) is 35.7 Å². The molecule has 2 aliphatic heterocycles. The number of rotatable bonds is 5. The Hall–Kier alpha value is -3.90. The number of carbonyl (C=O) groups excluding carboxylic acids is 1. The molecule has 0 unspecified atom stereocenters. The zero-order valence-corrected chi connectivity index (χ0v) is 23.6. The van der Waals surface area contributed by atoms with Gasteiger partial charge in [-0.05, 0) is 50.7 Å². The van der Waals surface area contributed by atoms with Crippen LogP contribution in [-0.2, 0) is 10.9 Å². The second-order valence-electron chi connectivity index (χ2n) is 10.9. The number of alkyl halides is 3. The Morgan fingerprint density at radius 2 is 1.64 bits per heavy atom. The summed E-state index contributed by atoms with van der Waals surface area (Å²) in [5, 5.41) is 0. The lowest BCUT2D eigenvalue weighted by Gasteiger charge is -2.44. The third-order valence-electron chi connectivity index (χ3n) is 8.18. The smallest absolute Gasteiger partial charge is 0.378 e. The van der Waals surface area contributed by atoms with Gasteiger partial charge in [0.2, 0.25) is 0 Å². The lowest BCUT2D eigenvalue weighted by molar-refractivity contribution is -0.138. The lowest BCUT2D eigenvalue weighted by atomic mass is 10.00. The van der Waals surface area contributed by atoms with Gasteiger partial charge in [-0.3, -0.25) is 19.1 Å². The zero-order valence-electron chi connectivity index (χ0n) is 23.6. The number of ether oxygens (including phenoxy) is 1. The number of morpholine rings is 1. The summed E-state index contributed by atoms with van der Waals surface area (Å²) in [4.78, 5) is 31.6. The van der Waals surface area contributed by atoms with Crippen molar-refractivity contribution in [1.29, 1.82) is 0 Å². The predicted octanol–water partition coefficient (Wildman–Crippen LogP) is 4.13. The van der Waals surface area contributed by atoms with E-state index in [1.54, 1.807) is 12.1 Å². The van der Waals surface area contributed by atoms with Gasteiger partial charge in [-0.15, -0.1) is 0 Å². The maximum atomic E-state index is 16.0. The average Bonchev–Trinajstić information content (AvgIpc) is 2.95. The molecular formula is C30H33F4N5O3. The molecule has 12 heteroatoms. The Morgan fingerprint density at radius 3 is 2.26 bits per heavy atom. The SMILES string of the molecule is C[C@@H]1CN(c2cc(F)c(-c3cccc(N4CCOCC4)c3)cc2-n2cc(C(N)=O)c(C(F)(F)F)cc2=O)C[C@H](C)N1C. The highest BCUT2D eigenvalue weighted by molar-refractivity contribution is 5.94. The minimum Gasteiger partial charge on any atom is -0.378 e. The Balaban J connectivity index is 1.71. The van der Waals surface area contributed by atoms with Crippen molar-refractivity contribution in [2.75, 3.05) is 56.2 Å². The molecule has 1 amide bonds. The van der Waals surface area contributed by atoms with Gasteiger partial charge in [-0.2, -0.15) is 13.2 Å². The van der Waals surface area contributed by atoms with Crippen molar-refractivity contribution in [1.82, 2.24) is 9.47 Å². The Labute approximate surface area is 240 Å². The summed E-state index contributed by atoms with van der Waals surface area (Å²) in [5.74, 6) is -1.89. The van der Waals surface area contributed by atoms with Crippen molar-refractivity contribution < 1.29 is 27.1 Å². The molecule has 3 heterocycles. The van der Waals surface area contributed by atoms with E-state index in [4.69, 9.17) is 10.5 Å². The molecule has 0 saturated carbocycles. The number of halogens is 4. The Bertz CT molecular complexity index is 1540. The van der Waals surface area contributed by atoms with Crippen molar-refractivity contribution >= 4 is 17.3 Å². The monoisotopic (exact) mass is 587 g/mol. The van der Waals surface area contributed by atoms with Crippen LogP contribution in [0, 0.1) is 5.82 Å². The number of anilines is 2. The van der Waals surface area contributed by atoms with E-state index >= 15 is 4.39 Å². The van der Waals surface area contributed by atoms with Gasteiger partial charge < -0.3 is 20.3 Å². The fourth-order valence-electron chi connectivity index (χ4n) is 5.66. The highest BCUT2D eigenvalue weighted by Gasteiger charge is 2.36. The largest absolute Gasteiger partial charge is 0.417 e. The summed E-state index contributed by atoms with van der Waals surface area (Å²) >= 11 is 0. The fourth-order valence-corrected chi connectivity index (χ4v) is 5.66. The van der Waals surface area contributed by atoms with Crippen LogP contribution < -0.4 is 21.1 Å². The van der Waals surface area contributed by atoms with Crippen LogP contribution in [0.4, 0.5) is 28.9 Å². The summed E-state index contributed by atoms with van der Waals surface area (Å²) in [7, 11) is 1.98. The van der Waals surface area contributed by atoms with Crippen molar-refractivity contribution in [2.45, 2.75) is 32.1 Å². The molecule has 42 heavy (non-hydrogen) atoms. The maximum Gasteiger partial charge on any atom is 0.417 e. The summed E-state index contributed by atoms with van der Waals surface area (Å²) < 4.78 is 63.5. The van der Waals surface area contributed by atoms with Crippen LogP contribution >= 0.6 is 0 Å². The topological polar surface area (TPSA) is 84.0 Å². The molecule has 0 spiro atoms. The van der Waals surface area contributed by atoms with Gasteiger partial charge in [0, 0.05) is 61.8 Å². The van der Waals surface area contributed by atoms with Crippen LogP contribution in [0.3, 0.4) is 0 Å². The first-order valence-corrected chi connectivity index (χ1v) is 13.7. The molecule has 0 bridgehead atoms. The minimum atomic E-state index is -4.97. The van der Waals surface area contributed by atoms with E-state index < -0.39 is 34.6 Å². The molecule has 8 nitrogen and oxygen atoms in total. The number of nitrogens with zero attached hydrogens (tertiary/aromatic N) is 4. The number of piperazine rings is 1. The third-order valence-corrected chi connectivity index (χ3v) is 8.18. The number of nitrogens with two attached hydrogens (primary N) is 1. The molecule has 2 saturated heterocycles. The number of hydrogen-bond acceptors (Lipinski definition) is 6. The van der Waals surface area contributed by atoms with Crippen LogP contribution in [0.5, 0.6) is 0 Å². The highest BCUT2D eigenvalue weighted by atomic mass is 19.4. The first-order valence-electron chi connectivity index (χ1n) is 13.7. The Morgan fingerprint density at radius 1 is 0.976 bits per heavy atom. The second kappa shape index (κ2) is 11.4. The van der Waals surface area contributed by atoms with Crippen LogP contribution in [0.1, 0.15) is 29.8 Å². The van der Waals surface area contributed by atoms with Crippen molar-refractivity contribution in [3.8, 4) is 16.8 Å². The van der Waals surface area contributed by atoms with Gasteiger partial charge in [0.25, 0.3) is 11.5 Å². The maximum absolute atomic E-state index is 16.0. The number of likely N-dealkylation sites (N-methyl/N-ethyl adjacent to an activating group) is 1. The molecule has 224 valence electrons. The van der Waals surface area contributed by atoms with E-state index in [1.165, 1.54) is 12.1 Å². The standard InChI is InChI=1S/C30H33F4N5O3/c1-18-15-38(16-19(2)36(18)3)26-14-25(31)22(20-5-4-6-21(11-20)37-7-9-42-10-8-37)12-27(26)39-17-23(29(35)41)24(13-28(39)40)30(32,33)34/h4-6,11-14,17-19H,7-10,15-16H2,1-3H3,(H2,35,41)/t18-,19+. The summed E-state index contributed by atoms with van der Waals surface area (Å²) in [6.07, 6.45) is -4.16. The molecule has 0 radical (unpaired) electrons. The summed E-state index contributed by atoms with van der Waals surface area (Å²) in [5.41, 5.74) is 4.06. The molecule has 1 aromatic heterocycles. The molecule has 2 N–H and O–H groups in total. The highest BCUT2D eigenvalue weighted by Crippen LogP contribution is 2.37. The van der Waals surface area contributed by atoms with E-state index in [0.29, 0.717) is 56.7 Å². The van der Waals surface area contributed by atoms with Crippen molar-refractivity contribution in [2.24, 2.45) is 5.73 Å². The molecule has 2 aliphatic rings. The zero-order chi connectivity index (χ0) is 30.3. The minimum absolute atomic E-state index is 0.0695.